The molecule has 0 saturated heterocycles. The van der Waals surface area contributed by atoms with E-state index < -0.39 is 5.91 Å². The van der Waals surface area contributed by atoms with E-state index in [0.29, 0.717) is 5.69 Å². The molecule has 0 radical (unpaired) electrons. The molecule has 0 aliphatic heterocycles. The van der Waals surface area contributed by atoms with Gasteiger partial charge in [-0.2, -0.15) is 0 Å². The van der Waals surface area contributed by atoms with Crippen LogP contribution in [0.2, 0.25) is 0 Å². The lowest BCUT2D eigenvalue weighted by atomic mass is 10.1. The van der Waals surface area contributed by atoms with Gasteiger partial charge >= 0.3 is 0 Å². The molecule has 1 heterocycles. The lowest BCUT2D eigenvalue weighted by Crippen LogP contribution is -2.42. The first-order chi connectivity index (χ1) is 12.5. The van der Waals surface area contributed by atoms with Gasteiger partial charge in [-0.05, 0) is 23.5 Å². The Hall–Kier alpha value is -3.22. The van der Waals surface area contributed by atoms with Crippen molar-refractivity contribution in [3.8, 4) is 0 Å². The lowest BCUT2D eigenvalue weighted by molar-refractivity contribution is -0.123. The van der Waals surface area contributed by atoms with E-state index in [1.54, 1.807) is 0 Å². The zero-order valence-corrected chi connectivity index (χ0v) is 14.5. The van der Waals surface area contributed by atoms with E-state index >= 15 is 0 Å². The molecule has 26 heavy (non-hydrogen) atoms. The van der Waals surface area contributed by atoms with Crippen LogP contribution in [0.1, 0.15) is 35.7 Å². The van der Waals surface area contributed by atoms with Gasteiger partial charge in [-0.1, -0.05) is 37.3 Å². The van der Waals surface area contributed by atoms with Crippen molar-refractivity contribution in [3.63, 3.8) is 0 Å². The van der Waals surface area contributed by atoms with E-state index in [1.807, 2.05) is 37.3 Å². The topological polar surface area (TPSA) is 100 Å². The van der Waals surface area contributed by atoms with Crippen LogP contribution in [0, 0.1) is 11.8 Å². The van der Waals surface area contributed by atoms with Gasteiger partial charge in [-0.3, -0.25) is 30.2 Å². The first-order valence-corrected chi connectivity index (χ1v) is 8.35. The molecule has 7 heteroatoms. The molecule has 1 fully saturated rings. The van der Waals surface area contributed by atoms with Crippen molar-refractivity contribution in [2.24, 2.45) is 11.8 Å². The van der Waals surface area contributed by atoms with Gasteiger partial charge in [-0.25, -0.2) is 0 Å². The molecule has 7 nitrogen and oxygen atoms in total. The summed E-state index contributed by atoms with van der Waals surface area (Å²) >= 11 is 0. The Labute approximate surface area is 151 Å². The average molecular weight is 352 g/mol. The molecule has 1 aromatic carbocycles. The van der Waals surface area contributed by atoms with Gasteiger partial charge in [0.2, 0.25) is 11.8 Å². The second-order valence-corrected chi connectivity index (χ2v) is 6.41. The van der Waals surface area contributed by atoms with Crippen LogP contribution in [0.25, 0.3) is 0 Å². The van der Waals surface area contributed by atoms with E-state index in [2.05, 4.69) is 21.2 Å². The highest BCUT2D eigenvalue weighted by Gasteiger charge is 2.52. The highest BCUT2D eigenvalue weighted by Crippen LogP contribution is 2.53. The Morgan fingerprint density at radius 2 is 1.77 bits per heavy atom. The second-order valence-electron chi connectivity index (χ2n) is 6.41. The summed E-state index contributed by atoms with van der Waals surface area (Å²) < 4.78 is 0. The number of carbonyl (C=O) groups is 3. The Morgan fingerprint density at radius 3 is 2.46 bits per heavy atom. The van der Waals surface area contributed by atoms with Crippen LogP contribution in [0.4, 0.5) is 5.69 Å². The third-order valence-electron chi connectivity index (χ3n) is 4.49. The van der Waals surface area contributed by atoms with Crippen molar-refractivity contribution < 1.29 is 14.4 Å². The maximum absolute atomic E-state index is 12.3. The summed E-state index contributed by atoms with van der Waals surface area (Å²) in [5, 5.41) is 2.55. The molecule has 3 unspecified atom stereocenters. The molecule has 1 saturated carbocycles. The molecule has 134 valence electrons. The van der Waals surface area contributed by atoms with Gasteiger partial charge in [-0.15, -0.1) is 0 Å². The fourth-order valence-corrected chi connectivity index (χ4v) is 3.16. The molecule has 3 N–H and O–H groups in total. The van der Waals surface area contributed by atoms with Crippen LogP contribution in [0.3, 0.4) is 0 Å². The van der Waals surface area contributed by atoms with Crippen LogP contribution < -0.4 is 16.2 Å². The number of hydrogen-bond acceptors (Lipinski definition) is 4. The minimum absolute atomic E-state index is 0.165. The molecule has 0 bridgehead atoms. The monoisotopic (exact) mass is 352 g/mol. The molecule has 3 atom stereocenters. The first kappa shape index (κ1) is 17.6. The summed E-state index contributed by atoms with van der Waals surface area (Å²) in [5.41, 5.74) is 6.65. The fraction of sp³-hybridized carbons (Fsp3) is 0.263. The van der Waals surface area contributed by atoms with Crippen molar-refractivity contribution in [1.82, 2.24) is 15.8 Å². The standard InChI is InChI=1S/C19H20N4O3/c1-11-16(13-6-4-3-5-7-13)17(11)19(26)23-22-18(25)14-8-15(10-20-9-14)21-12(2)24/h3-11,16-17H,1-2H3,(H,21,24)(H,22,25)(H,23,26). The smallest absolute Gasteiger partial charge is 0.271 e. The van der Waals surface area contributed by atoms with Crippen molar-refractivity contribution in [2.75, 3.05) is 5.32 Å². The molecular formula is C19H20N4O3. The number of carbonyl (C=O) groups excluding carboxylic acids is 3. The van der Waals surface area contributed by atoms with E-state index in [-0.39, 0.29) is 35.1 Å². The predicted molar refractivity (Wildman–Crippen MR) is 96.0 cm³/mol. The minimum atomic E-state index is -0.498. The highest BCUT2D eigenvalue weighted by atomic mass is 16.2. The van der Waals surface area contributed by atoms with Crippen molar-refractivity contribution in [3.05, 3.63) is 59.9 Å². The summed E-state index contributed by atoms with van der Waals surface area (Å²) in [6, 6.07) is 11.3. The van der Waals surface area contributed by atoms with E-state index in [1.165, 1.54) is 25.4 Å². The Bertz CT molecular complexity index is 838. The number of benzene rings is 1. The minimum Gasteiger partial charge on any atom is -0.325 e. The molecule has 1 aliphatic rings. The molecule has 1 aliphatic carbocycles. The molecule has 3 rings (SSSR count). The maximum atomic E-state index is 12.3. The normalized spacial score (nSPS) is 20.8. The van der Waals surface area contributed by atoms with E-state index in [4.69, 9.17) is 0 Å². The number of hydrazine groups is 1. The van der Waals surface area contributed by atoms with Crippen molar-refractivity contribution >= 4 is 23.4 Å². The Balaban J connectivity index is 1.57. The summed E-state index contributed by atoms with van der Waals surface area (Å²) in [7, 11) is 0. The average Bonchev–Trinajstić information content (AvgIpc) is 3.31. The van der Waals surface area contributed by atoms with Gasteiger partial charge in [0.15, 0.2) is 0 Å². The molecule has 2 aromatic rings. The van der Waals surface area contributed by atoms with Gasteiger partial charge in [0, 0.05) is 19.0 Å². The van der Waals surface area contributed by atoms with Gasteiger partial charge in [0.25, 0.3) is 5.91 Å². The van der Waals surface area contributed by atoms with Gasteiger partial charge in [0.1, 0.15) is 0 Å². The number of nitrogens with zero attached hydrogens (tertiary/aromatic N) is 1. The summed E-state index contributed by atoms with van der Waals surface area (Å²) in [5.74, 6) is -0.751. The number of nitrogens with one attached hydrogen (secondary N) is 3. The number of pyridine rings is 1. The number of anilines is 1. The van der Waals surface area contributed by atoms with Crippen LogP contribution in [-0.2, 0) is 9.59 Å². The third-order valence-corrected chi connectivity index (χ3v) is 4.49. The Morgan fingerprint density at radius 1 is 1.04 bits per heavy atom. The summed E-state index contributed by atoms with van der Waals surface area (Å²) in [4.78, 5) is 39.5. The predicted octanol–water partition coefficient (Wildman–Crippen LogP) is 1.85. The number of hydrogen-bond donors (Lipinski definition) is 3. The molecule has 0 spiro atoms. The van der Waals surface area contributed by atoms with Crippen molar-refractivity contribution in [2.45, 2.75) is 19.8 Å². The zero-order valence-electron chi connectivity index (χ0n) is 14.5. The third kappa shape index (κ3) is 3.88. The van der Waals surface area contributed by atoms with E-state index in [9.17, 15) is 14.4 Å². The van der Waals surface area contributed by atoms with Crippen LogP contribution in [-0.4, -0.2) is 22.7 Å². The van der Waals surface area contributed by atoms with E-state index in [0.717, 1.165) is 5.56 Å². The molecule has 3 amide bonds. The molecular weight excluding hydrogens is 332 g/mol. The lowest BCUT2D eigenvalue weighted by Gasteiger charge is -2.08. The second kappa shape index (κ2) is 7.35. The number of rotatable bonds is 4. The quantitative estimate of drug-likeness (QED) is 0.731. The fourth-order valence-electron chi connectivity index (χ4n) is 3.16. The zero-order chi connectivity index (χ0) is 18.7. The van der Waals surface area contributed by atoms with Crippen molar-refractivity contribution in [1.29, 1.82) is 0 Å². The van der Waals surface area contributed by atoms with Crippen LogP contribution >= 0.6 is 0 Å². The maximum Gasteiger partial charge on any atom is 0.271 e. The van der Waals surface area contributed by atoms with Gasteiger partial charge < -0.3 is 5.32 Å². The Kier molecular flexibility index (Phi) is 4.97. The highest BCUT2D eigenvalue weighted by molar-refractivity contribution is 5.97. The number of amides is 3. The summed E-state index contributed by atoms with van der Waals surface area (Å²) in [6.45, 7) is 3.39. The SMILES string of the molecule is CC(=O)Nc1cncc(C(=O)NNC(=O)C2C(C)C2c2ccccc2)c1. The largest absolute Gasteiger partial charge is 0.325 e. The van der Waals surface area contributed by atoms with Crippen LogP contribution in [0.5, 0.6) is 0 Å². The molecule has 1 aromatic heterocycles. The van der Waals surface area contributed by atoms with Gasteiger partial charge in [0.05, 0.1) is 17.4 Å². The number of aromatic nitrogens is 1. The first-order valence-electron chi connectivity index (χ1n) is 8.35. The summed E-state index contributed by atoms with van der Waals surface area (Å²) in [6.07, 6.45) is 2.80. The van der Waals surface area contributed by atoms with Crippen LogP contribution in [0.15, 0.2) is 48.8 Å².